The van der Waals surface area contributed by atoms with Crippen LogP contribution in [0.5, 0.6) is 0 Å². The average molecular weight is 549 g/mol. The molecule has 0 unspecified atom stereocenters. The van der Waals surface area contributed by atoms with Crippen LogP contribution in [0.15, 0.2) is 79.0 Å². The first-order chi connectivity index (χ1) is 19.9. The quantitative estimate of drug-likeness (QED) is 0.171. The number of carbonyl (C=O) groups is 2. The minimum atomic E-state index is -0.311. The van der Waals surface area contributed by atoms with Crippen LogP contribution in [0.3, 0.4) is 0 Å². The minimum absolute atomic E-state index is 0.0448. The van der Waals surface area contributed by atoms with Crippen molar-refractivity contribution in [2.75, 3.05) is 7.05 Å². The van der Waals surface area contributed by atoms with Crippen molar-refractivity contribution in [2.45, 2.75) is 52.0 Å². The second kappa shape index (κ2) is 12.6. The molecule has 2 aromatic heterocycles. The Morgan fingerprint density at radius 3 is 2.54 bits per heavy atom. The number of aryl methyl sites for hydroxylation is 2. The molecular formula is C33H36N6O2. The summed E-state index contributed by atoms with van der Waals surface area (Å²) >= 11 is 0. The molecular weight excluding hydrogens is 512 g/mol. The van der Waals surface area contributed by atoms with Gasteiger partial charge in [0, 0.05) is 30.3 Å². The number of hydrogen-bond acceptors (Lipinski definition) is 4. The van der Waals surface area contributed by atoms with Crippen molar-refractivity contribution in [2.24, 2.45) is 0 Å². The normalized spacial score (nSPS) is 11.9. The van der Waals surface area contributed by atoms with Crippen LogP contribution >= 0.6 is 0 Å². The second-order valence-electron chi connectivity index (χ2n) is 10.4. The zero-order valence-electron chi connectivity index (χ0n) is 23.8. The Morgan fingerprint density at radius 2 is 1.76 bits per heavy atom. The van der Waals surface area contributed by atoms with Gasteiger partial charge in [-0.15, -0.1) is 0 Å². The molecule has 5 rings (SSSR count). The van der Waals surface area contributed by atoms with Crippen molar-refractivity contribution in [3.63, 3.8) is 0 Å². The van der Waals surface area contributed by atoms with E-state index in [-0.39, 0.29) is 17.9 Å². The van der Waals surface area contributed by atoms with Crippen molar-refractivity contribution >= 4 is 22.6 Å². The number of rotatable bonds is 11. The van der Waals surface area contributed by atoms with Crippen LogP contribution in [-0.2, 0) is 4.79 Å². The molecule has 0 aliphatic carbocycles. The third-order valence-electron chi connectivity index (χ3n) is 7.33. The molecule has 0 radical (unpaired) electrons. The first kappa shape index (κ1) is 27.8. The highest BCUT2D eigenvalue weighted by Crippen LogP contribution is 2.26. The summed E-state index contributed by atoms with van der Waals surface area (Å²) in [7, 11) is 1.65. The van der Waals surface area contributed by atoms with Crippen LogP contribution in [0.2, 0.25) is 0 Å². The summed E-state index contributed by atoms with van der Waals surface area (Å²) in [6.07, 6.45) is 5.55. The van der Waals surface area contributed by atoms with Crippen molar-refractivity contribution < 1.29 is 9.59 Å². The van der Waals surface area contributed by atoms with Gasteiger partial charge < -0.3 is 15.6 Å². The Kier molecular flexibility index (Phi) is 8.58. The highest BCUT2D eigenvalue weighted by Gasteiger charge is 2.20. The SMILES string of the molecule is CNC(=O)CCCCC[C@H](NC(=O)c1cccc(-n2nc(C)cc2C)c1)c1ncc(-c2ccc3ccccc3c2)[nH]1. The van der Waals surface area contributed by atoms with E-state index in [9.17, 15) is 9.59 Å². The molecule has 2 amide bonds. The Bertz CT molecular complexity index is 1670. The Balaban J connectivity index is 1.35. The summed E-state index contributed by atoms with van der Waals surface area (Å²) in [6.45, 7) is 3.95. The zero-order valence-corrected chi connectivity index (χ0v) is 23.8. The van der Waals surface area contributed by atoms with E-state index in [1.54, 1.807) is 7.05 Å². The number of fused-ring (bicyclic) bond motifs is 1. The maximum absolute atomic E-state index is 13.5. The number of nitrogens with zero attached hydrogens (tertiary/aromatic N) is 3. The van der Waals surface area contributed by atoms with Crippen LogP contribution in [0.1, 0.15) is 65.7 Å². The van der Waals surface area contributed by atoms with Crippen LogP contribution in [0.4, 0.5) is 0 Å². The van der Waals surface area contributed by atoms with Crippen LogP contribution < -0.4 is 10.6 Å². The standard InChI is InChI=1S/C33H36N6O2/c1-22-18-23(2)39(38-22)28-13-9-12-27(20-28)33(41)37-29(14-5-4-6-15-31(40)34-3)32-35-21-30(36-32)26-17-16-24-10-7-8-11-25(24)19-26/h7-13,16-21,29H,4-6,14-15H2,1-3H3,(H,34,40)(H,35,36)(H,37,41)/t29-/m0/s1. The third-order valence-corrected chi connectivity index (χ3v) is 7.33. The molecule has 41 heavy (non-hydrogen) atoms. The molecule has 0 aliphatic heterocycles. The number of benzene rings is 3. The van der Waals surface area contributed by atoms with E-state index in [0.717, 1.165) is 53.0 Å². The lowest BCUT2D eigenvalue weighted by molar-refractivity contribution is -0.120. The predicted octanol–water partition coefficient (Wildman–Crippen LogP) is 6.20. The third kappa shape index (κ3) is 6.72. The fraction of sp³-hybridized carbons (Fsp3) is 0.273. The summed E-state index contributed by atoms with van der Waals surface area (Å²) in [5.74, 6) is 0.582. The topological polar surface area (TPSA) is 105 Å². The molecule has 5 aromatic rings. The van der Waals surface area contributed by atoms with Gasteiger partial charge >= 0.3 is 0 Å². The molecule has 0 saturated heterocycles. The molecule has 2 heterocycles. The molecule has 0 fully saturated rings. The van der Waals surface area contributed by atoms with Crippen molar-refractivity contribution in [1.82, 2.24) is 30.4 Å². The fourth-order valence-electron chi connectivity index (χ4n) is 5.14. The molecule has 1 atom stereocenters. The number of nitrogens with one attached hydrogen (secondary N) is 3. The van der Waals surface area contributed by atoms with E-state index >= 15 is 0 Å². The number of H-pyrrole nitrogens is 1. The highest BCUT2D eigenvalue weighted by molar-refractivity contribution is 5.95. The number of aromatic nitrogens is 4. The van der Waals surface area contributed by atoms with Gasteiger partial charge in [-0.05, 0) is 67.8 Å². The maximum atomic E-state index is 13.5. The number of hydrogen-bond donors (Lipinski definition) is 3. The monoisotopic (exact) mass is 548 g/mol. The lowest BCUT2D eigenvalue weighted by Gasteiger charge is -2.17. The van der Waals surface area contributed by atoms with Gasteiger partial charge in [0.15, 0.2) is 0 Å². The van der Waals surface area contributed by atoms with E-state index in [1.165, 1.54) is 5.39 Å². The van der Waals surface area contributed by atoms with Gasteiger partial charge in [-0.1, -0.05) is 55.3 Å². The zero-order chi connectivity index (χ0) is 28.8. The van der Waals surface area contributed by atoms with Gasteiger partial charge in [0.25, 0.3) is 5.91 Å². The highest BCUT2D eigenvalue weighted by atomic mass is 16.2. The Morgan fingerprint density at radius 1 is 0.927 bits per heavy atom. The number of unbranched alkanes of at least 4 members (excludes halogenated alkanes) is 2. The predicted molar refractivity (Wildman–Crippen MR) is 162 cm³/mol. The molecule has 0 aliphatic rings. The molecule has 0 saturated carbocycles. The summed E-state index contributed by atoms with van der Waals surface area (Å²) in [4.78, 5) is 33.3. The lowest BCUT2D eigenvalue weighted by atomic mass is 10.0. The van der Waals surface area contributed by atoms with E-state index in [0.29, 0.717) is 24.2 Å². The largest absolute Gasteiger partial charge is 0.359 e. The van der Waals surface area contributed by atoms with Crippen LogP contribution in [0, 0.1) is 13.8 Å². The fourth-order valence-corrected chi connectivity index (χ4v) is 5.14. The molecule has 8 nitrogen and oxygen atoms in total. The molecule has 0 spiro atoms. The van der Waals surface area contributed by atoms with Gasteiger partial charge in [-0.25, -0.2) is 9.67 Å². The molecule has 8 heteroatoms. The van der Waals surface area contributed by atoms with E-state index < -0.39 is 0 Å². The summed E-state index contributed by atoms with van der Waals surface area (Å²) in [5, 5.41) is 12.8. The van der Waals surface area contributed by atoms with Crippen molar-refractivity contribution in [3.8, 4) is 16.9 Å². The average Bonchev–Trinajstić information content (AvgIpc) is 3.62. The maximum Gasteiger partial charge on any atom is 0.251 e. The lowest BCUT2D eigenvalue weighted by Crippen LogP contribution is -2.29. The van der Waals surface area contributed by atoms with Crippen molar-refractivity contribution in [1.29, 1.82) is 0 Å². The summed E-state index contributed by atoms with van der Waals surface area (Å²) in [5.41, 5.74) is 5.26. The first-order valence-electron chi connectivity index (χ1n) is 14.1. The number of amides is 2. The van der Waals surface area contributed by atoms with Crippen LogP contribution in [0.25, 0.3) is 27.7 Å². The van der Waals surface area contributed by atoms with E-state index in [2.05, 4.69) is 51.0 Å². The first-order valence-corrected chi connectivity index (χ1v) is 14.1. The van der Waals surface area contributed by atoms with Crippen molar-refractivity contribution in [3.05, 3.63) is 102 Å². The summed E-state index contributed by atoms with van der Waals surface area (Å²) in [6, 6.07) is 23.8. The Hall–Kier alpha value is -4.72. The Labute approximate surface area is 240 Å². The summed E-state index contributed by atoms with van der Waals surface area (Å²) < 4.78 is 1.85. The van der Waals surface area contributed by atoms with Gasteiger partial charge in [0.1, 0.15) is 5.82 Å². The minimum Gasteiger partial charge on any atom is -0.359 e. The van der Waals surface area contributed by atoms with Gasteiger partial charge in [0.2, 0.25) is 5.91 Å². The second-order valence-corrected chi connectivity index (χ2v) is 10.4. The van der Waals surface area contributed by atoms with E-state index in [4.69, 9.17) is 4.98 Å². The smallest absolute Gasteiger partial charge is 0.251 e. The molecule has 3 aromatic carbocycles. The molecule has 210 valence electrons. The van der Waals surface area contributed by atoms with Gasteiger partial charge in [0.05, 0.1) is 29.3 Å². The molecule has 3 N–H and O–H groups in total. The molecule has 0 bridgehead atoms. The number of carbonyl (C=O) groups excluding carboxylic acids is 2. The van der Waals surface area contributed by atoms with Gasteiger partial charge in [-0.2, -0.15) is 5.10 Å². The van der Waals surface area contributed by atoms with Gasteiger partial charge in [-0.3, -0.25) is 9.59 Å². The number of imidazole rings is 1. The van der Waals surface area contributed by atoms with Crippen LogP contribution in [-0.4, -0.2) is 38.6 Å². The van der Waals surface area contributed by atoms with E-state index in [1.807, 2.05) is 67.2 Å². The number of aromatic amines is 1.